The molecule has 0 fully saturated rings. The normalized spacial score (nSPS) is 10.2. The van der Waals surface area contributed by atoms with Crippen molar-refractivity contribution in [1.82, 2.24) is 9.88 Å². The molecule has 21 heavy (non-hydrogen) atoms. The maximum atomic E-state index is 5.67. The Labute approximate surface area is 135 Å². The number of methoxy groups -OCH3 is 1. The van der Waals surface area contributed by atoms with Gasteiger partial charge >= 0.3 is 0 Å². The monoisotopic (exact) mass is 325 g/mol. The summed E-state index contributed by atoms with van der Waals surface area (Å²) < 4.78 is 5.17. The molecule has 114 valence electrons. The summed E-state index contributed by atoms with van der Waals surface area (Å²) >= 11 is 1.53. The van der Waals surface area contributed by atoms with Gasteiger partial charge in [0.2, 0.25) is 0 Å². The first kappa shape index (κ1) is 17.5. The van der Waals surface area contributed by atoms with Crippen LogP contribution in [0.5, 0.6) is 5.75 Å². The van der Waals surface area contributed by atoms with Gasteiger partial charge in [0.05, 0.1) is 7.11 Å². The molecule has 1 aromatic heterocycles. The van der Waals surface area contributed by atoms with Gasteiger partial charge in [0.25, 0.3) is 0 Å². The first-order valence-electron chi connectivity index (χ1n) is 6.37. The predicted molar refractivity (Wildman–Crippen MR) is 91.1 cm³/mol. The average molecular weight is 326 g/mol. The van der Waals surface area contributed by atoms with E-state index in [0.717, 1.165) is 30.3 Å². The topological polar surface area (TPSA) is 51.4 Å². The molecule has 6 heteroatoms. The van der Waals surface area contributed by atoms with Gasteiger partial charge in [0.1, 0.15) is 5.75 Å². The van der Waals surface area contributed by atoms with E-state index in [9.17, 15) is 0 Å². The third-order valence-electron chi connectivity index (χ3n) is 2.90. The van der Waals surface area contributed by atoms with Crippen LogP contribution in [0.25, 0.3) is 0 Å². The summed E-state index contributed by atoms with van der Waals surface area (Å²) in [6, 6.07) is 8.12. The van der Waals surface area contributed by atoms with Crippen LogP contribution < -0.4 is 10.5 Å². The highest BCUT2D eigenvalue weighted by Gasteiger charge is 2.08. The second-order valence-corrected chi connectivity index (χ2v) is 5.62. The van der Waals surface area contributed by atoms with Gasteiger partial charge in [0, 0.05) is 30.7 Å². The minimum absolute atomic E-state index is 0. The summed E-state index contributed by atoms with van der Waals surface area (Å²) in [6.45, 7) is 6.32. The number of hydrogen-bond donors (Lipinski definition) is 1. The molecule has 1 heterocycles. The number of ether oxygens (including phenoxy) is 1. The van der Waals surface area contributed by atoms with Gasteiger partial charge < -0.3 is 10.5 Å². The second kappa shape index (κ2) is 8.67. The van der Waals surface area contributed by atoms with Crippen LogP contribution in [0, 0.1) is 0 Å². The molecule has 0 unspecified atom stereocenters. The van der Waals surface area contributed by atoms with Crippen LogP contribution in [-0.4, -0.2) is 23.5 Å². The number of rotatable bonds is 7. The van der Waals surface area contributed by atoms with Crippen molar-refractivity contribution in [3.05, 3.63) is 53.6 Å². The largest absolute Gasteiger partial charge is 0.497 e. The predicted octanol–water partition coefficient (Wildman–Crippen LogP) is 3.34. The summed E-state index contributed by atoms with van der Waals surface area (Å²) in [5.74, 6) is 0.874. The molecular formula is C15H20ClN3OS. The molecule has 0 aliphatic heterocycles. The molecule has 2 rings (SSSR count). The van der Waals surface area contributed by atoms with Crippen LogP contribution in [0.2, 0.25) is 0 Å². The highest BCUT2D eigenvalue weighted by molar-refractivity contribution is 7.15. The molecule has 1 aromatic carbocycles. The number of benzene rings is 1. The fourth-order valence-corrected chi connectivity index (χ4v) is 2.70. The zero-order valence-electron chi connectivity index (χ0n) is 12.0. The number of halogens is 1. The van der Waals surface area contributed by atoms with Crippen molar-refractivity contribution in [3.63, 3.8) is 0 Å². The van der Waals surface area contributed by atoms with Crippen LogP contribution in [0.3, 0.4) is 0 Å². The molecule has 0 aliphatic rings. The third kappa shape index (κ3) is 5.38. The minimum atomic E-state index is 0. The lowest BCUT2D eigenvalue weighted by Gasteiger charge is -2.19. The first-order valence-corrected chi connectivity index (χ1v) is 7.19. The lowest BCUT2D eigenvalue weighted by molar-refractivity contribution is 0.288. The average Bonchev–Trinajstić information content (AvgIpc) is 2.85. The number of nitrogen functional groups attached to an aromatic ring is 1. The van der Waals surface area contributed by atoms with Gasteiger partial charge in [-0.15, -0.1) is 30.3 Å². The van der Waals surface area contributed by atoms with E-state index in [1.807, 2.05) is 24.4 Å². The van der Waals surface area contributed by atoms with Gasteiger partial charge in [-0.25, -0.2) is 4.98 Å². The summed E-state index contributed by atoms with van der Waals surface area (Å²) in [5.41, 5.74) is 6.91. The Morgan fingerprint density at radius 1 is 1.33 bits per heavy atom. The number of anilines is 1. The third-order valence-corrected chi connectivity index (χ3v) is 3.71. The van der Waals surface area contributed by atoms with Gasteiger partial charge in [-0.05, 0) is 17.7 Å². The Hall–Kier alpha value is -1.56. The van der Waals surface area contributed by atoms with Gasteiger partial charge in [-0.1, -0.05) is 18.2 Å². The summed E-state index contributed by atoms with van der Waals surface area (Å²) in [7, 11) is 1.67. The molecule has 2 N–H and O–H groups in total. The van der Waals surface area contributed by atoms with Crippen molar-refractivity contribution in [2.45, 2.75) is 13.1 Å². The number of nitrogens with two attached hydrogens (primary N) is 1. The number of thiazole rings is 1. The Balaban J connectivity index is 0.00000220. The fourth-order valence-electron chi connectivity index (χ4n) is 1.97. The smallest absolute Gasteiger partial charge is 0.180 e. The SMILES string of the molecule is C=CCN(Cc1ccc(OC)cc1)Cc1cnc(N)s1.Cl. The lowest BCUT2D eigenvalue weighted by atomic mass is 10.2. The zero-order chi connectivity index (χ0) is 14.4. The van der Waals surface area contributed by atoms with E-state index in [1.165, 1.54) is 16.9 Å². The first-order chi connectivity index (χ1) is 9.71. The molecule has 4 nitrogen and oxygen atoms in total. The molecule has 0 aliphatic carbocycles. The maximum absolute atomic E-state index is 5.67. The Kier molecular flexibility index (Phi) is 7.22. The van der Waals surface area contributed by atoms with Crippen LogP contribution in [-0.2, 0) is 13.1 Å². The maximum Gasteiger partial charge on any atom is 0.180 e. The Morgan fingerprint density at radius 3 is 2.57 bits per heavy atom. The quantitative estimate of drug-likeness (QED) is 0.793. The van der Waals surface area contributed by atoms with Gasteiger partial charge in [-0.2, -0.15) is 0 Å². The van der Waals surface area contributed by atoms with Crippen LogP contribution in [0.1, 0.15) is 10.4 Å². The highest BCUT2D eigenvalue weighted by atomic mass is 35.5. The van der Waals surface area contributed by atoms with E-state index in [2.05, 4.69) is 28.6 Å². The molecule has 0 saturated carbocycles. The molecule has 0 bridgehead atoms. The molecule has 0 amide bonds. The molecule has 2 aromatic rings. The Morgan fingerprint density at radius 2 is 2.05 bits per heavy atom. The van der Waals surface area contributed by atoms with E-state index in [1.54, 1.807) is 7.11 Å². The van der Waals surface area contributed by atoms with E-state index < -0.39 is 0 Å². The van der Waals surface area contributed by atoms with Crippen LogP contribution >= 0.6 is 23.7 Å². The minimum Gasteiger partial charge on any atom is -0.497 e. The van der Waals surface area contributed by atoms with Crippen molar-refractivity contribution in [1.29, 1.82) is 0 Å². The van der Waals surface area contributed by atoms with Crippen LogP contribution in [0.15, 0.2) is 43.1 Å². The van der Waals surface area contributed by atoms with Crippen molar-refractivity contribution in [3.8, 4) is 5.75 Å². The van der Waals surface area contributed by atoms with Gasteiger partial charge in [0.15, 0.2) is 5.13 Å². The van der Waals surface area contributed by atoms with Crippen molar-refractivity contribution >= 4 is 28.9 Å². The van der Waals surface area contributed by atoms with Gasteiger partial charge in [-0.3, -0.25) is 4.90 Å². The highest BCUT2D eigenvalue weighted by Crippen LogP contribution is 2.19. The molecule has 0 saturated heterocycles. The molecular weight excluding hydrogens is 306 g/mol. The van der Waals surface area contributed by atoms with E-state index in [0.29, 0.717) is 5.13 Å². The lowest BCUT2D eigenvalue weighted by Crippen LogP contribution is -2.22. The standard InChI is InChI=1S/C15H19N3OS.ClH/c1-3-8-18(11-14-9-17-15(16)20-14)10-12-4-6-13(19-2)7-5-12;/h3-7,9H,1,8,10-11H2,2H3,(H2,16,17);1H. The Bertz CT molecular complexity index is 556. The van der Waals surface area contributed by atoms with Crippen LogP contribution in [0.4, 0.5) is 5.13 Å². The molecule has 0 radical (unpaired) electrons. The molecule has 0 spiro atoms. The van der Waals surface area contributed by atoms with E-state index in [4.69, 9.17) is 10.5 Å². The fraction of sp³-hybridized carbons (Fsp3) is 0.267. The second-order valence-electron chi connectivity index (χ2n) is 4.47. The number of aromatic nitrogens is 1. The number of hydrogen-bond acceptors (Lipinski definition) is 5. The van der Waals surface area contributed by atoms with Crippen molar-refractivity contribution < 1.29 is 4.74 Å². The van der Waals surface area contributed by atoms with Crippen molar-refractivity contribution in [2.24, 2.45) is 0 Å². The van der Waals surface area contributed by atoms with E-state index in [-0.39, 0.29) is 12.4 Å². The summed E-state index contributed by atoms with van der Waals surface area (Å²) in [5, 5.41) is 0.614. The van der Waals surface area contributed by atoms with E-state index >= 15 is 0 Å². The summed E-state index contributed by atoms with van der Waals surface area (Å²) in [4.78, 5) is 7.54. The van der Waals surface area contributed by atoms with Crippen molar-refractivity contribution in [2.75, 3.05) is 19.4 Å². The summed E-state index contributed by atoms with van der Waals surface area (Å²) in [6.07, 6.45) is 3.75. The zero-order valence-corrected chi connectivity index (χ0v) is 13.6. The number of nitrogens with zero attached hydrogens (tertiary/aromatic N) is 2. The molecule has 0 atom stereocenters.